The van der Waals surface area contributed by atoms with E-state index < -0.39 is 5.60 Å². The first-order valence-electron chi connectivity index (χ1n) is 15.9. The molecule has 9 atom stereocenters. The zero-order valence-corrected chi connectivity index (χ0v) is 25.0. The van der Waals surface area contributed by atoms with Crippen LogP contribution in [0, 0.1) is 40.4 Å². The lowest BCUT2D eigenvalue weighted by Crippen LogP contribution is -2.56. The molecule has 0 amide bonds. The van der Waals surface area contributed by atoms with Crippen molar-refractivity contribution >= 4 is 11.9 Å². The summed E-state index contributed by atoms with van der Waals surface area (Å²) in [7, 11) is 0. The van der Waals surface area contributed by atoms with E-state index in [1.807, 2.05) is 60.7 Å². The van der Waals surface area contributed by atoms with E-state index in [0.717, 1.165) is 25.7 Å². The Morgan fingerprint density at radius 1 is 0.829 bits per heavy atom. The Kier molecular flexibility index (Phi) is 7.41. The van der Waals surface area contributed by atoms with Crippen LogP contribution in [0.15, 0.2) is 73.3 Å². The second-order valence-electron chi connectivity index (χ2n) is 14.1. The normalized spacial score (nSPS) is 38.5. The van der Waals surface area contributed by atoms with Crippen LogP contribution in [0.5, 0.6) is 0 Å². The molecule has 4 nitrogen and oxygen atoms in total. The number of ether oxygens (including phenoxy) is 2. The Balaban J connectivity index is 1.16. The molecule has 0 heterocycles. The predicted octanol–water partition coefficient (Wildman–Crippen LogP) is 8.67. The van der Waals surface area contributed by atoms with Crippen molar-refractivity contribution in [1.82, 2.24) is 0 Å². The third kappa shape index (κ3) is 4.85. The highest BCUT2D eigenvalue weighted by molar-refractivity contribution is 5.90. The molecule has 1 unspecified atom stereocenters. The van der Waals surface area contributed by atoms with Crippen molar-refractivity contribution in [3.63, 3.8) is 0 Å². The first-order chi connectivity index (χ1) is 19.7. The fourth-order valence-electron chi connectivity index (χ4n) is 10.2. The molecule has 0 saturated heterocycles. The Labute approximate surface area is 245 Å². The number of esters is 2. The number of fused-ring (bicyclic) bond motifs is 5. The molecule has 0 aromatic heterocycles. The molecule has 6 rings (SSSR count). The molecule has 4 heteroatoms. The van der Waals surface area contributed by atoms with Gasteiger partial charge in [-0.15, -0.1) is 6.58 Å². The van der Waals surface area contributed by atoms with Crippen molar-refractivity contribution in [3.05, 3.63) is 84.4 Å². The minimum Gasteiger partial charge on any atom is -0.459 e. The van der Waals surface area contributed by atoms with E-state index in [1.54, 1.807) is 0 Å². The fraction of sp³-hybridized carbons (Fsp3) is 0.568. The quantitative estimate of drug-likeness (QED) is 0.265. The van der Waals surface area contributed by atoms with Crippen LogP contribution in [0.3, 0.4) is 0 Å². The lowest BCUT2D eigenvalue weighted by atomic mass is 9.43. The van der Waals surface area contributed by atoms with Crippen molar-refractivity contribution in [2.45, 2.75) is 90.3 Å². The van der Waals surface area contributed by atoms with Crippen molar-refractivity contribution < 1.29 is 19.1 Å². The first kappa shape index (κ1) is 28.2. The van der Waals surface area contributed by atoms with Crippen LogP contribution in [0.4, 0.5) is 0 Å². The molecule has 0 aliphatic heterocycles. The number of hydrogen-bond donors (Lipinski definition) is 0. The molecular weight excluding hydrogens is 508 g/mol. The van der Waals surface area contributed by atoms with Crippen molar-refractivity contribution in [1.29, 1.82) is 0 Å². The highest BCUT2D eigenvalue weighted by Crippen LogP contribution is 2.69. The van der Waals surface area contributed by atoms with Gasteiger partial charge < -0.3 is 9.47 Å². The number of allylic oxidation sites excluding steroid dienone is 1. The van der Waals surface area contributed by atoms with Gasteiger partial charge in [0.2, 0.25) is 0 Å². The fourth-order valence-corrected chi connectivity index (χ4v) is 10.2. The zero-order chi connectivity index (χ0) is 28.8. The van der Waals surface area contributed by atoms with E-state index in [0.29, 0.717) is 40.7 Å². The van der Waals surface area contributed by atoms with Gasteiger partial charge in [0, 0.05) is 5.92 Å². The van der Waals surface area contributed by atoms with E-state index in [9.17, 15) is 9.59 Å². The van der Waals surface area contributed by atoms with Crippen molar-refractivity contribution in [2.24, 2.45) is 40.4 Å². The lowest BCUT2D eigenvalue weighted by Gasteiger charge is -2.62. The van der Waals surface area contributed by atoms with E-state index in [4.69, 9.17) is 9.47 Å². The first-order valence-corrected chi connectivity index (χ1v) is 15.9. The summed E-state index contributed by atoms with van der Waals surface area (Å²) in [6.07, 6.45) is 12.2. The van der Waals surface area contributed by atoms with E-state index in [1.165, 1.54) is 32.1 Å². The average molecular weight is 555 g/mol. The molecule has 0 radical (unpaired) electrons. The summed E-state index contributed by atoms with van der Waals surface area (Å²) < 4.78 is 12.3. The molecule has 4 fully saturated rings. The highest BCUT2D eigenvalue weighted by atomic mass is 16.6. The molecule has 0 spiro atoms. The molecule has 2 aromatic carbocycles. The number of carbonyl (C=O) groups excluding carboxylic acids is 2. The molecular formula is C37H46O4. The number of rotatable bonds is 6. The van der Waals surface area contributed by atoms with Crippen LogP contribution in [-0.4, -0.2) is 23.6 Å². The Hall–Kier alpha value is -2.88. The van der Waals surface area contributed by atoms with Crippen LogP contribution in [0.25, 0.3) is 0 Å². The molecule has 0 N–H and O–H groups in total. The van der Waals surface area contributed by atoms with E-state index in [2.05, 4.69) is 33.4 Å². The van der Waals surface area contributed by atoms with Crippen LogP contribution < -0.4 is 0 Å². The summed E-state index contributed by atoms with van der Waals surface area (Å²) in [6.45, 7) is 11.2. The van der Waals surface area contributed by atoms with E-state index >= 15 is 0 Å². The molecule has 218 valence electrons. The third-order valence-corrected chi connectivity index (χ3v) is 12.2. The maximum atomic E-state index is 13.0. The Morgan fingerprint density at radius 2 is 1.49 bits per heavy atom. The van der Waals surface area contributed by atoms with Gasteiger partial charge in [-0.2, -0.15) is 0 Å². The topological polar surface area (TPSA) is 52.6 Å². The molecule has 4 saturated carbocycles. The van der Waals surface area contributed by atoms with Gasteiger partial charge in [0.05, 0.1) is 11.1 Å². The van der Waals surface area contributed by atoms with Gasteiger partial charge in [0.15, 0.2) is 0 Å². The smallest absolute Gasteiger partial charge is 0.338 e. The zero-order valence-electron chi connectivity index (χ0n) is 25.0. The minimum absolute atomic E-state index is 0.0892. The van der Waals surface area contributed by atoms with Crippen LogP contribution >= 0.6 is 0 Å². The Bertz CT molecular complexity index is 1270. The minimum atomic E-state index is -0.434. The third-order valence-electron chi connectivity index (χ3n) is 12.2. The molecule has 4 aliphatic carbocycles. The van der Waals surface area contributed by atoms with Gasteiger partial charge in [-0.25, -0.2) is 9.59 Å². The van der Waals surface area contributed by atoms with Gasteiger partial charge in [-0.1, -0.05) is 49.4 Å². The molecule has 4 aliphatic rings. The summed E-state index contributed by atoms with van der Waals surface area (Å²) >= 11 is 0. The SMILES string of the molecule is C=C[C@]12CC[C@@](C)(OC(=O)c3ccccc3)C[C@H]1CC[C@H]1[C@@H]3CC[C@H](C(C)OC(=O)c4ccccc4)[C@@]3(C)CC[C@@H]12. The molecule has 41 heavy (non-hydrogen) atoms. The van der Waals surface area contributed by atoms with Crippen LogP contribution in [-0.2, 0) is 9.47 Å². The Morgan fingerprint density at radius 3 is 2.15 bits per heavy atom. The second kappa shape index (κ2) is 10.7. The van der Waals surface area contributed by atoms with E-state index in [-0.39, 0.29) is 28.9 Å². The maximum Gasteiger partial charge on any atom is 0.338 e. The van der Waals surface area contributed by atoms with Gasteiger partial charge in [-0.3, -0.25) is 0 Å². The van der Waals surface area contributed by atoms with Crippen LogP contribution in [0.1, 0.15) is 99.3 Å². The van der Waals surface area contributed by atoms with Gasteiger partial charge in [-0.05, 0) is 130 Å². The van der Waals surface area contributed by atoms with Crippen molar-refractivity contribution in [2.75, 3.05) is 0 Å². The number of hydrogen-bond acceptors (Lipinski definition) is 4. The van der Waals surface area contributed by atoms with Gasteiger partial charge in [0.25, 0.3) is 0 Å². The highest BCUT2D eigenvalue weighted by Gasteiger charge is 2.62. The maximum absolute atomic E-state index is 13.0. The summed E-state index contributed by atoms with van der Waals surface area (Å²) in [6, 6.07) is 18.8. The predicted molar refractivity (Wildman–Crippen MR) is 161 cm³/mol. The number of carbonyl (C=O) groups is 2. The monoisotopic (exact) mass is 554 g/mol. The summed E-state index contributed by atoms with van der Waals surface area (Å²) in [4.78, 5) is 25.9. The van der Waals surface area contributed by atoms with Gasteiger partial charge >= 0.3 is 11.9 Å². The van der Waals surface area contributed by atoms with Crippen molar-refractivity contribution in [3.8, 4) is 0 Å². The largest absolute Gasteiger partial charge is 0.459 e. The standard InChI is InChI=1S/C37H46O4/c1-5-37-23-22-35(3,41-34(39)27-14-10-7-11-15-27)24-28(37)16-17-29-31-19-18-30(36(31,4)21-20-32(29)37)25(2)40-33(38)26-12-8-6-9-13-26/h5-15,25,28-32H,1,16-24H2,2-4H3/t25?,28-,29+,30-,31+,32+,35-,36-,37+/m1/s1. The second-order valence-corrected chi connectivity index (χ2v) is 14.1. The summed E-state index contributed by atoms with van der Waals surface area (Å²) in [5, 5.41) is 0. The van der Waals surface area contributed by atoms with Crippen LogP contribution in [0.2, 0.25) is 0 Å². The van der Waals surface area contributed by atoms with Gasteiger partial charge in [0.1, 0.15) is 11.7 Å². The number of benzene rings is 2. The lowest BCUT2D eigenvalue weighted by molar-refractivity contribution is -0.139. The summed E-state index contributed by atoms with van der Waals surface area (Å²) in [5.41, 5.74) is 1.14. The molecule has 0 bridgehead atoms. The molecule has 2 aromatic rings. The summed E-state index contributed by atoms with van der Waals surface area (Å²) in [5.74, 6) is 2.45. The average Bonchev–Trinajstić information content (AvgIpc) is 3.35.